The smallest absolute Gasteiger partial charge is 0.148 e. The van der Waals surface area contributed by atoms with Crippen molar-refractivity contribution in [3.8, 4) is 0 Å². The molecule has 0 aliphatic carbocycles. The number of aromatic nitrogens is 1. The average Bonchev–Trinajstić information content (AvgIpc) is 2.84. The number of halogens is 2. The minimum Gasteiger partial charge on any atom is -0.458 e. The maximum absolute atomic E-state index is 6.24. The monoisotopic (exact) mass is 394 g/mol. The molecule has 102 valence electrons. The van der Waals surface area contributed by atoms with E-state index in [1.807, 2.05) is 36.5 Å². The fraction of sp³-hybridized carbons (Fsp3) is 0.133. The Hall–Kier alpha value is -1.17. The molecule has 2 heterocycles. The van der Waals surface area contributed by atoms with Crippen LogP contribution < -0.4 is 5.73 Å². The molecule has 0 amide bonds. The average molecular weight is 396 g/mol. The first-order valence-electron chi connectivity index (χ1n) is 6.16. The first kappa shape index (κ1) is 13.8. The molecule has 0 aliphatic heterocycles. The van der Waals surface area contributed by atoms with Gasteiger partial charge in [0, 0.05) is 22.3 Å². The predicted molar refractivity (Wildman–Crippen MR) is 86.5 cm³/mol. The Morgan fingerprint density at radius 2 is 2.05 bits per heavy atom. The van der Waals surface area contributed by atoms with Crippen molar-refractivity contribution in [1.82, 2.24) is 4.98 Å². The van der Waals surface area contributed by atoms with Crippen molar-refractivity contribution in [2.75, 3.05) is 0 Å². The predicted octanol–water partition coefficient (Wildman–Crippen LogP) is 4.60. The fourth-order valence-electron chi connectivity index (χ4n) is 2.15. The van der Waals surface area contributed by atoms with E-state index in [1.54, 1.807) is 6.20 Å². The van der Waals surface area contributed by atoms with E-state index < -0.39 is 0 Å². The number of para-hydroxylation sites is 1. The van der Waals surface area contributed by atoms with Crippen LogP contribution in [0.5, 0.6) is 0 Å². The van der Waals surface area contributed by atoms with E-state index in [0.29, 0.717) is 6.42 Å². The number of fused-ring (bicyclic) bond motifs is 1. The molecule has 0 aliphatic rings. The first-order chi connectivity index (χ1) is 9.63. The molecular weight excluding hydrogens is 384 g/mol. The highest BCUT2D eigenvalue weighted by molar-refractivity contribution is 9.11. The van der Waals surface area contributed by atoms with Gasteiger partial charge in [-0.25, -0.2) is 0 Å². The summed E-state index contributed by atoms with van der Waals surface area (Å²) in [6.07, 6.45) is 4.26. The van der Waals surface area contributed by atoms with Gasteiger partial charge < -0.3 is 10.2 Å². The van der Waals surface area contributed by atoms with Gasteiger partial charge in [0.25, 0.3) is 0 Å². The largest absolute Gasteiger partial charge is 0.458 e. The van der Waals surface area contributed by atoms with E-state index in [0.717, 1.165) is 31.2 Å². The standard InChI is InChI=1S/C15H12Br2N2O/c16-11-4-9(7-19-8-11)5-13(18)14-6-10-2-1-3-12(17)15(10)20-14/h1-4,6-8,13H,5,18H2. The number of nitrogens with zero attached hydrogens (tertiary/aromatic N) is 1. The van der Waals surface area contributed by atoms with Gasteiger partial charge in [-0.3, -0.25) is 4.98 Å². The van der Waals surface area contributed by atoms with Crippen LogP contribution >= 0.6 is 31.9 Å². The second kappa shape index (κ2) is 5.68. The van der Waals surface area contributed by atoms with Crippen molar-refractivity contribution < 1.29 is 4.42 Å². The molecule has 1 atom stereocenters. The Balaban J connectivity index is 1.89. The molecule has 0 saturated carbocycles. The summed E-state index contributed by atoms with van der Waals surface area (Å²) in [6, 6.07) is 9.78. The molecule has 1 unspecified atom stereocenters. The van der Waals surface area contributed by atoms with Gasteiger partial charge in [-0.15, -0.1) is 0 Å². The van der Waals surface area contributed by atoms with E-state index in [9.17, 15) is 0 Å². The second-order valence-corrected chi connectivity index (χ2v) is 6.40. The van der Waals surface area contributed by atoms with Gasteiger partial charge in [-0.1, -0.05) is 12.1 Å². The van der Waals surface area contributed by atoms with Gasteiger partial charge in [-0.05, 0) is 62.0 Å². The summed E-state index contributed by atoms with van der Waals surface area (Å²) >= 11 is 6.90. The van der Waals surface area contributed by atoms with Gasteiger partial charge in [0.05, 0.1) is 10.5 Å². The zero-order valence-electron chi connectivity index (χ0n) is 10.5. The van der Waals surface area contributed by atoms with Crippen molar-refractivity contribution in [3.63, 3.8) is 0 Å². The molecule has 2 N–H and O–H groups in total. The van der Waals surface area contributed by atoms with Gasteiger partial charge in [0.1, 0.15) is 11.3 Å². The van der Waals surface area contributed by atoms with Crippen LogP contribution in [-0.2, 0) is 6.42 Å². The summed E-state index contributed by atoms with van der Waals surface area (Å²) in [4.78, 5) is 4.15. The molecule has 20 heavy (non-hydrogen) atoms. The lowest BCUT2D eigenvalue weighted by Crippen LogP contribution is -2.12. The number of furan rings is 1. The van der Waals surface area contributed by atoms with Crippen LogP contribution in [0.1, 0.15) is 17.4 Å². The number of rotatable bonds is 3. The highest BCUT2D eigenvalue weighted by Crippen LogP contribution is 2.30. The summed E-state index contributed by atoms with van der Waals surface area (Å²) in [6.45, 7) is 0. The summed E-state index contributed by atoms with van der Waals surface area (Å²) in [7, 11) is 0. The molecule has 5 heteroatoms. The molecular formula is C15H12Br2N2O. The molecule has 0 fully saturated rings. The third-order valence-electron chi connectivity index (χ3n) is 3.10. The maximum Gasteiger partial charge on any atom is 0.148 e. The number of pyridine rings is 1. The SMILES string of the molecule is NC(Cc1cncc(Br)c1)c1cc2cccc(Br)c2o1. The van der Waals surface area contributed by atoms with Crippen LogP contribution in [0.3, 0.4) is 0 Å². The van der Waals surface area contributed by atoms with Crippen molar-refractivity contribution in [2.45, 2.75) is 12.5 Å². The number of benzene rings is 1. The van der Waals surface area contributed by atoms with Gasteiger partial charge in [0.2, 0.25) is 0 Å². The molecule has 2 aromatic heterocycles. The van der Waals surface area contributed by atoms with Crippen LogP contribution in [-0.4, -0.2) is 4.98 Å². The van der Waals surface area contributed by atoms with Crippen molar-refractivity contribution in [1.29, 1.82) is 0 Å². The van der Waals surface area contributed by atoms with Crippen molar-refractivity contribution in [3.05, 3.63) is 63.0 Å². The quantitative estimate of drug-likeness (QED) is 0.705. The van der Waals surface area contributed by atoms with Crippen LogP contribution in [0.15, 0.2) is 56.1 Å². The normalized spacial score (nSPS) is 12.8. The third-order valence-corrected chi connectivity index (χ3v) is 4.16. The minimum absolute atomic E-state index is 0.189. The van der Waals surface area contributed by atoms with Crippen LogP contribution in [0.4, 0.5) is 0 Å². The molecule has 3 aromatic rings. The zero-order valence-corrected chi connectivity index (χ0v) is 13.7. The summed E-state index contributed by atoms with van der Waals surface area (Å²) in [5.74, 6) is 0.784. The van der Waals surface area contributed by atoms with Gasteiger partial charge in [0.15, 0.2) is 0 Å². The Kier molecular flexibility index (Phi) is 3.92. The van der Waals surface area contributed by atoms with Crippen LogP contribution in [0.2, 0.25) is 0 Å². The summed E-state index contributed by atoms with van der Waals surface area (Å²) in [5, 5.41) is 1.05. The molecule has 3 rings (SSSR count). The fourth-order valence-corrected chi connectivity index (χ4v) is 3.03. The van der Waals surface area contributed by atoms with E-state index in [2.05, 4.69) is 36.8 Å². The van der Waals surface area contributed by atoms with Crippen LogP contribution in [0.25, 0.3) is 11.0 Å². The topological polar surface area (TPSA) is 52.0 Å². The molecule has 0 radical (unpaired) electrons. The number of hydrogen-bond acceptors (Lipinski definition) is 3. The van der Waals surface area contributed by atoms with Gasteiger partial charge in [-0.2, -0.15) is 0 Å². The maximum atomic E-state index is 6.24. The van der Waals surface area contributed by atoms with Crippen LogP contribution in [0, 0.1) is 0 Å². The van der Waals surface area contributed by atoms with Crippen molar-refractivity contribution >= 4 is 42.8 Å². The Morgan fingerprint density at radius 1 is 1.20 bits per heavy atom. The van der Waals surface area contributed by atoms with E-state index in [4.69, 9.17) is 10.2 Å². The Morgan fingerprint density at radius 3 is 2.80 bits per heavy atom. The Bertz CT molecular complexity index is 754. The summed E-state index contributed by atoms with van der Waals surface area (Å²) < 4.78 is 7.75. The van der Waals surface area contributed by atoms with E-state index >= 15 is 0 Å². The van der Waals surface area contributed by atoms with Crippen molar-refractivity contribution in [2.24, 2.45) is 5.73 Å². The Labute approximate surface area is 133 Å². The minimum atomic E-state index is -0.189. The molecule has 0 spiro atoms. The van der Waals surface area contributed by atoms with E-state index in [1.165, 1.54) is 0 Å². The zero-order chi connectivity index (χ0) is 14.1. The lowest BCUT2D eigenvalue weighted by molar-refractivity contribution is 0.493. The molecule has 0 bridgehead atoms. The summed E-state index contributed by atoms with van der Waals surface area (Å²) in [5.41, 5.74) is 8.15. The highest BCUT2D eigenvalue weighted by atomic mass is 79.9. The van der Waals surface area contributed by atoms with E-state index in [-0.39, 0.29) is 6.04 Å². The molecule has 0 saturated heterocycles. The number of hydrogen-bond donors (Lipinski definition) is 1. The highest BCUT2D eigenvalue weighted by Gasteiger charge is 2.14. The molecule has 1 aromatic carbocycles. The number of nitrogens with two attached hydrogens (primary N) is 1. The van der Waals surface area contributed by atoms with Gasteiger partial charge >= 0.3 is 0 Å². The lowest BCUT2D eigenvalue weighted by Gasteiger charge is -2.08. The third kappa shape index (κ3) is 2.80. The molecule has 3 nitrogen and oxygen atoms in total. The second-order valence-electron chi connectivity index (χ2n) is 4.63. The lowest BCUT2D eigenvalue weighted by atomic mass is 10.1. The first-order valence-corrected chi connectivity index (χ1v) is 7.75.